The molecule has 0 radical (unpaired) electrons. The van der Waals surface area contributed by atoms with E-state index in [-0.39, 0.29) is 22.6 Å². The third kappa shape index (κ3) is 5.02. The molecule has 110 valence electrons. The molecule has 1 aromatic carbocycles. The predicted octanol–water partition coefficient (Wildman–Crippen LogP) is 3.26. The van der Waals surface area contributed by atoms with Gasteiger partial charge in [-0.25, -0.2) is 4.39 Å². The molecule has 0 aromatic heterocycles. The molecule has 1 rings (SSSR count). The van der Waals surface area contributed by atoms with Crippen LogP contribution in [0.25, 0.3) is 0 Å². The van der Waals surface area contributed by atoms with E-state index >= 15 is 0 Å². The maximum absolute atomic E-state index is 12.9. The number of thioether (sulfide) groups is 1. The molecule has 1 atom stereocenters. The van der Waals surface area contributed by atoms with Crippen LogP contribution in [0.15, 0.2) is 18.2 Å². The first-order valence-corrected chi connectivity index (χ1v) is 7.33. The van der Waals surface area contributed by atoms with Crippen molar-refractivity contribution < 1.29 is 19.1 Å². The van der Waals surface area contributed by atoms with Crippen LogP contribution < -0.4 is 5.32 Å². The Hall–Kier alpha value is -1.27. The summed E-state index contributed by atoms with van der Waals surface area (Å²) in [7, 11) is 0. The summed E-state index contributed by atoms with van der Waals surface area (Å²) in [4.78, 5) is 22.7. The Morgan fingerprint density at radius 2 is 2.10 bits per heavy atom. The number of anilines is 1. The third-order valence-corrected chi connectivity index (χ3v) is 4.29. The lowest BCUT2D eigenvalue weighted by Crippen LogP contribution is -2.25. The number of hydrogen-bond acceptors (Lipinski definition) is 3. The molecule has 0 aliphatic rings. The van der Waals surface area contributed by atoms with E-state index in [1.807, 2.05) is 0 Å². The van der Waals surface area contributed by atoms with Crippen molar-refractivity contribution in [1.29, 1.82) is 0 Å². The van der Waals surface area contributed by atoms with E-state index in [1.165, 1.54) is 12.1 Å². The minimum atomic E-state index is -0.947. The normalized spacial score (nSPS) is 12.2. The van der Waals surface area contributed by atoms with Crippen molar-refractivity contribution in [2.75, 3.05) is 11.1 Å². The van der Waals surface area contributed by atoms with Crippen LogP contribution in [0.2, 0.25) is 5.02 Å². The van der Waals surface area contributed by atoms with Gasteiger partial charge >= 0.3 is 5.97 Å². The first-order chi connectivity index (χ1) is 9.31. The number of aliphatic carboxylic acids is 1. The molecular weight excluding hydrogens is 305 g/mol. The standard InChI is InChI=1S/C13H15ClFNO3S/c1-7(2)12(13(18)19)20-6-11(17)16-10-4-3-8(15)5-9(10)14/h3-5,7,12H,6H2,1-2H3,(H,16,17)(H,18,19). The summed E-state index contributed by atoms with van der Waals surface area (Å²) >= 11 is 6.83. The summed E-state index contributed by atoms with van der Waals surface area (Å²) in [6.45, 7) is 3.56. The molecule has 1 aromatic rings. The van der Waals surface area contributed by atoms with Gasteiger partial charge in [-0.2, -0.15) is 0 Å². The van der Waals surface area contributed by atoms with Gasteiger partial charge in [0.15, 0.2) is 0 Å². The van der Waals surface area contributed by atoms with Crippen molar-refractivity contribution >= 4 is 40.9 Å². The van der Waals surface area contributed by atoms with E-state index in [1.54, 1.807) is 13.8 Å². The average Bonchev–Trinajstić information content (AvgIpc) is 2.32. The maximum atomic E-state index is 12.9. The van der Waals surface area contributed by atoms with Crippen LogP contribution in [0.4, 0.5) is 10.1 Å². The van der Waals surface area contributed by atoms with Gasteiger partial charge in [-0.3, -0.25) is 9.59 Å². The number of carboxylic acid groups (broad SMARTS) is 1. The van der Waals surface area contributed by atoms with Crippen LogP contribution in [0.3, 0.4) is 0 Å². The van der Waals surface area contributed by atoms with E-state index in [0.717, 1.165) is 17.8 Å². The van der Waals surface area contributed by atoms with Gasteiger partial charge in [-0.15, -0.1) is 11.8 Å². The smallest absolute Gasteiger partial charge is 0.316 e. The summed E-state index contributed by atoms with van der Waals surface area (Å²) in [5.74, 6) is -1.91. The Balaban J connectivity index is 2.57. The first kappa shape index (κ1) is 16.8. The van der Waals surface area contributed by atoms with Gasteiger partial charge in [-0.05, 0) is 24.1 Å². The number of halogens is 2. The second-order valence-electron chi connectivity index (χ2n) is 4.49. The molecule has 0 fully saturated rings. The lowest BCUT2D eigenvalue weighted by molar-refractivity contribution is -0.137. The van der Waals surface area contributed by atoms with Gasteiger partial charge in [0.05, 0.1) is 16.5 Å². The van der Waals surface area contributed by atoms with Crippen molar-refractivity contribution in [3.63, 3.8) is 0 Å². The zero-order valence-corrected chi connectivity index (χ0v) is 12.6. The highest BCUT2D eigenvalue weighted by Gasteiger charge is 2.23. The van der Waals surface area contributed by atoms with Crippen LogP contribution in [-0.2, 0) is 9.59 Å². The zero-order valence-electron chi connectivity index (χ0n) is 11.0. The van der Waals surface area contributed by atoms with Crippen LogP contribution in [0.5, 0.6) is 0 Å². The highest BCUT2D eigenvalue weighted by Crippen LogP contribution is 2.24. The van der Waals surface area contributed by atoms with Crippen molar-refractivity contribution in [2.24, 2.45) is 5.92 Å². The maximum Gasteiger partial charge on any atom is 0.316 e. The molecule has 1 unspecified atom stereocenters. The largest absolute Gasteiger partial charge is 0.480 e. The van der Waals surface area contributed by atoms with E-state index < -0.39 is 17.0 Å². The van der Waals surface area contributed by atoms with Crippen molar-refractivity contribution in [2.45, 2.75) is 19.1 Å². The molecule has 0 saturated heterocycles. The second kappa shape index (κ2) is 7.50. The fourth-order valence-electron chi connectivity index (χ4n) is 1.49. The number of benzene rings is 1. The second-order valence-corrected chi connectivity index (χ2v) is 6.02. The van der Waals surface area contributed by atoms with E-state index in [9.17, 15) is 14.0 Å². The van der Waals surface area contributed by atoms with Gasteiger partial charge in [0.1, 0.15) is 11.1 Å². The molecule has 2 N–H and O–H groups in total. The number of rotatable bonds is 6. The summed E-state index contributed by atoms with van der Waals surface area (Å²) in [6.07, 6.45) is 0. The first-order valence-electron chi connectivity index (χ1n) is 5.90. The Labute approximate surface area is 125 Å². The molecule has 0 heterocycles. The average molecular weight is 320 g/mol. The Bertz CT molecular complexity index is 510. The molecule has 7 heteroatoms. The molecular formula is C13H15ClFNO3S. The van der Waals surface area contributed by atoms with E-state index in [0.29, 0.717) is 5.69 Å². The number of nitrogens with one attached hydrogen (secondary N) is 1. The van der Waals surface area contributed by atoms with Gasteiger partial charge in [-0.1, -0.05) is 25.4 Å². The molecule has 4 nitrogen and oxygen atoms in total. The summed E-state index contributed by atoms with van der Waals surface area (Å²) in [5, 5.41) is 11.0. The van der Waals surface area contributed by atoms with Gasteiger partial charge < -0.3 is 10.4 Å². The Morgan fingerprint density at radius 1 is 1.45 bits per heavy atom. The number of carbonyl (C=O) groups is 2. The SMILES string of the molecule is CC(C)C(SCC(=O)Nc1ccc(F)cc1Cl)C(=O)O. The van der Waals surface area contributed by atoms with Crippen molar-refractivity contribution in [1.82, 2.24) is 0 Å². The third-order valence-electron chi connectivity index (χ3n) is 2.45. The molecule has 0 spiro atoms. The van der Waals surface area contributed by atoms with Crippen LogP contribution >= 0.6 is 23.4 Å². The summed E-state index contributed by atoms with van der Waals surface area (Å²) in [5.41, 5.74) is 0.301. The van der Waals surface area contributed by atoms with Crippen LogP contribution in [0.1, 0.15) is 13.8 Å². The highest BCUT2D eigenvalue weighted by atomic mass is 35.5. The fraction of sp³-hybridized carbons (Fsp3) is 0.385. The van der Waals surface area contributed by atoms with E-state index in [4.69, 9.17) is 16.7 Å². The number of carbonyl (C=O) groups excluding carboxylic acids is 1. The van der Waals surface area contributed by atoms with Gasteiger partial charge in [0, 0.05) is 0 Å². The lowest BCUT2D eigenvalue weighted by atomic mass is 10.1. The minimum absolute atomic E-state index is 0.0111. The predicted molar refractivity (Wildman–Crippen MR) is 78.8 cm³/mol. The van der Waals surface area contributed by atoms with E-state index in [2.05, 4.69) is 5.32 Å². The van der Waals surface area contributed by atoms with Gasteiger partial charge in [0.25, 0.3) is 0 Å². The van der Waals surface area contributed by atoms with Crippen LogP contribution in [0, 0.1) is 11.7 Å². The molecule has 0 saturated carbocycles. The monoisotopic (exact) mass is 319 g/mol. The number of carboxylic acids is 1. The lowest BCUT2D eigenvalue weighted by Gasteiger charge is -2.15. The van der Waals surface area contributed by atoms with Crippen LogP contribution in [-0.4, -0.2) is 28.0 Å². The van der Waals surface area contributed by atoms with Crippen molar-refractivity contribution in [3.05, 3.63) is 29.0 Å². The Kier molecular flexibility index (Phi) is 6.29. The molecule has 20 heavy (non-hydrogen) atoms. The number of amides is 1. The highest BCUT2D eigenvalue weighted by molar-refractivity contribution is 8.01. The molecule has 1 amide bonds. The molecule has 0 bridgehead atoms. The molecule has 0 aliphatic heterocycles. The molecule has 0 aliphatic carbocycles. The van der Waals surface area contributed by atoms with Crippen molar-refractivity contribution in [3.8, 4) is 0 Å². The quantitative estimate of drug-likeness (QED) is 0.844. The zero-order chi connectivity index (χ0) is 15.3. The Morgan fingerprint density at radius 3 is 2.60 bits per heavy atom. The minimum Gasteiger partial charge on any atom is -0.480 e. The fourth-order valence-corrected chi connectivity index (χ4v) is 2.64. The summed E-state index contributed by atoms with van der Waals surface area (Å²) in [6, 6.07) is 3.64. The summed E-state index contributed by atoms with van der Waals surface area (Å²) < 4.78 is 12.9. The number of hydrogen-bond donors (Lipinski definition) is 2. The van der Waals surface area contributed by atoms with Gasteiger partial charge in [0.2, 0.25) is 5.91 Å². The topological polar surface area (TPSA) is 66.4 Å².